The Morgan fingerprint density at radius 2 is 2.06 bits per heavy atom. The van der Waals surface area contributed by atoms with E-state index in [1.807, 2.05) is 38.1 Å². The Labute approximate surface area is 209 Å². The molecule has 0 bridgehead atoms. The Hall–Kier alpha value is -2.84. The van der Waals surface area contributed by atoms with Crippen molar-refractivity contribution >= 4 is 21.4 Å². The van der Waals surface area contributed by atoms with Gasteiger partial charge in [0.05, 0.1) is 17.4 Å². The zero-order chi connectivity index (χ0) is 25.0. The third kappa shape index (κ3) is 5.87. The summed E-state index contributed by atoms with van der Waals surface area (Å²) in [6.45, 7) is 3.67. The Kier molecular flexibility index (Phi) is 7.82. The largest absolute Gasteiger partial charge is 0.490 e. The number of nitriles is 1. The van der Waals surface area contributed by atoms with Gasteiger partial charge in [0.25, 0.3) is 0 Å². The highest BCUT2D eigenvalue weighted by molar-refractivity contribution is 7.89. The Morgan fingerprint density at radius 3 is 2.80 bits per heavy atom. The molecule has 1 unspecified atom stereocenters. The number of aliphatic hydroxyl groups excluding tert-OH is 1. The molecule has 10 heteroatoms. The lowest BCUT2D eigenvalue weighted by Gasteiger charge is -2.27. The molecule has 1 heterocycles. The molecule has 1 aliphatic carbocycles. The van der Waals surface area contributed by atoms with Crippen LogP contribution in [0.4, 0.5) is 0 Å². The molecule has 8 nitrogen and oxygen atoms in total. The summed E-state index contributed by atoms with van der Waals surface area (Å²) in [4.78, 5) is 0. The maximum Gasteiger partial charge on any atom is 0.212 e. The number of hydrogen-bond donors (Lipinski definition) is 2. The number of hydrogen-bond acceptors (Lipinski definition) is 8. The maximum absolute atomic E-state index is 12.4. The van der Waals surface area contributed by atoms with Gasteiger partial charge in [-0.3, -0.25) is 0 Å². The Morgan fingerprint density at radius 1 is 1.26 bits per heavy atom. The van der Waals surface area contributed by atoms with Gasteiger partial charge < -0.3 is 9.84 Å². The monoisotopic (exact) mass is 512 g/mol. The van der Waals surface area contributed by atoms with Gasteiger partial charge in [0.1, 0.15) is 21.8 Å². The van der Waals surface area contributed by atoms with Gasteiger partial charge in [-0.15, -0.1) is 10.2 Å². The van der Waals surface area contributed by atoms with Crippen molar-refractivity contribution in [2.45, 2.75) is 51.7 Å². The minimum atomic E-state index is -3.49. The summed E-state index contributed by atoms with van der Waals surface area (Å²) < 4.78 is 33.4. The molecule has 3 aromatic rings. The van der Waals surface area contributed by atoms with Crippen molar-refractivity contribution in [1.29, 1.82) is 5.26 Å². The summed E-state index contributed by atoms with van der Waals surface area (Å²) in [5, 5.41) is 28.8. The number of aliphatic hydroxyl groups is 1. The maximum atomic E-state index is 12.4. The van der Waals surface area contributed by atoms with Crippen LogP contribution in [0.15, 0.2) is 36.4 Å². The second-order valence-electron chi connectivity index (χ2n) is 8.73. The van der Waals surface area contributed by atoms with Crippen LogP contribution in [-0.4, -0.2) is 42.2 Å². The van der Waals surface area contributed by atoms with Crippen molar-refractivity contribution in [1.82, 2.24) is 14.9 Å². The molecule has 4 rings (SSSR count). The van der Waals surface area contributed by atoms with E-state index in [0.29, 0.717) is 16.3 Å². The first-order valence-corrected chi connectivity index (χ1v) is 14.1. The molecule has 0 aliphatic heterocycles. The molecular weight excluding hydrogens is 484 g/mol. The summed E-state index contributed by atoms with van der Waals surface area (Å²) in [5.41, 5.74) is 4.22. The summed E-state index contributed by atoms with van der Waals surface area (Å²) in [6.07, 6.45) is 2.58. The topological polar surface area (TPSA) is 125 Å². The van der Waals surface area contributed by atoms with E-state index in [-0.39, 0.29) is 30.9 Å². The molecule has 1 aromatic heterocycles. The van der Waals surface area contributed by atoms with Gasteiger partial charge >= 0.3 is 0 Å². The first-order valence-electron chi connectivity index (χ1n) is 11.6. The first-order chi connectivity index (χ1) is 16.8. The second kappa shape index (κ2) is 10.8. The van der Waals surface area contributed by atoms with Crippen LogP contribution < -0.4 is 9.46 Å². The molecule has 1 aliphatic rings. The highest BCUT2D eigenvalue weighted by Crippen LogP contribution is 2.39. The summed E-state index contributed by atoms with van der Waals surface area (Å²) in [7, 11) is -3.49. The van der Waals surface area contributed by atoms with Gasteiger partial charge in [0, 0.05) is 23.8 Å². The van der Waals surface area contributed by atoms with Crippen molar-refractivity contribution < 1.29 is 18.3 Å². The minimum Gasteiger partial charge on any atom is -0.490 e. The Balaban J connectivity index is 1.63. The standard InChI is InChI=1S/C25H28N4O4S2/c1-16(2)33-23-11-10-17(14-18(23)15-26)24-27-28-25(34-24)21-8-3-7-20-19(21)6-4-9-22(20)29-35(31,32)13-5-12-30/h3,7-8,10-11,14,16,22,29-30H,4-6,9,12-13H2,1-2H3. The average Bonchev–Trinajstić information content (AvgIpc) is 3.32. The number of nitrogens with zero attached hydrogens (tertiary/aromatic N) is 3. The van der Waals surface area contributed by atoms with Crippen molar-refractivity contribution in [2.24, 2.45) is 0 Å². The number of rotatable bonds is 9. The Bertz CT molecular complexity index is 1350. The molecule has 0 spiro atoms. The van der Waals surface area contributed by atoms with Crippen LogP contribution in [0.5, 0.6) is 5.75 Å². The number of aromatic nitrogens is 2. The van der Waals surface area contributed by atoms with Crippen LogP contribution in [0.2, 0.25) is 0 Å². The highest BCUT2D eigenvalue weighted by atomic mass is 32.2. The van der Waals surface area contributed by atoms with Gasteiger partial charge in [0.2, 0.25) is 10.0 Å². The van der Waals surface area contributed by atoms with Gasteiger partial charge in [0.15, 0.2) is 0 Å². The molecule has 0 saturated carbocycles. The van der Waals surface area contributed by atoms with Crippen molar-refractivity contribution in [3.05, 3.63) is 53.1 Å². The smallest absolute Gasteiger partial charge is 0.212 e. The fourth-order valence-electron chi connectivity index (χ4n) is 4.26. The van der Waals surface area contributed by atoms with Crippen LogP contribution in [0.1, 0.15) is 55.8 Å². The molecular formula is C25H28N4O4S2. The molecule has 0 radical (unpaired) electrons. The fourth-order valence-corrected chi connectivity index (χ4v) is 6.46. The van der Waals surface area contributed by atoms with E-state index in [2.05, 4.69) is 21.0 Å². The number of nitrogens with one attached hydrogen (secondary N) is 1. The molecule has 0 fully saturated rings. The van der Waals surface area contributed by atoms with Gasteiger partial charge in [-0.2, -0.15) is 5.26 Å². The number of fused-ring (bicyclic) bond motifs is 1. The van der Waals surface area contributed by atoms with Crippen molar-refractivity contribution in [2.75, 3.05) is 12.4 Å². The van der Waals surface area contributed by atoms with E-state index in [4.69, 9.17) is 9.84 Å². The fraction of sp³-hybridized carbons (Fsp3) is 0.400. The van der Waals surface area contributed by atoms with E-state index in [1.165, 1.54) is 11.3 Å². The average molecular weight is 513 g/mol. The SMILES string of the molecule is CC(C)Oc1ccc(-c2nnc(-c3cccc4c3CCCC4NS(=O)(=O)CCCO)s2)cc1C#N. The second-order valence-corrected chi connectivity index (χ2v) is 11.6. The number of ether oxygens (including phenoxy) is 1. The molecule has 2 aromatic carbocycles. The quantitative estimate of drug-likeness (QED) is 0.440. The molecule has 35 heavy (non-hydrogen) atoms. The zero-order valence-corrected chi connectivity index (χ0v) is 21.3. The molecule has 184 valence electrons. The lowest BCUT2D eigenvalue weighted by atomic mass is 9.85. The summed E-state index contributed by atoms with van der Waals surface area (Å²) >= 11 is 1.44. The highest BCUT2D eigenvalue weighted by Gasteiger charge is 2.27. The third-order valence-electron chi connectivity index (χ3n) is 5.77. The van der Waals surface area contributed by atoms with Gasteiger partial charge in [-0.1, -0.05) is 29.5 Å². The minimum absolute atomic E-state index is 0.0340. The van der Waals surface area contributed by atoms with Crippen LogP contribution >= 0.6 is 11.3 Å². The lowest BCUT2D eigenvalue weighted by molar-refractivity contribution is 0.242. The van der Waals surface area contributed by atoms with Crippen LogP contribution in [-0.2, 0) is 16.4 Å². The van der Waals surface area contributed by atoms with Gasteiger partial charge in [-0.05, 0) is 68.9 Å². The number of benzene rings is 2. The van der Waals surface area contributed by atoms with Crippen LogP contribution in [0.3, 0.4) is 0 Å². The molecule has 1 atom stereocenters. The normalized spacial score (nSPS) is 15.6. The first kappa shape index (κ1) is 25.3. The molecule has 0 amide bonds. The van der Waals surface area contributed by atoms with E-state index in [0.717, 1.165) is 46.5 Å². The summed E-state index contributed by atoms with van der Waals surface area (Å²) in [6, 6.07) is 13.2. The lowest BCUT2D eigenvalue weighted by Crippen LogP contribution is -2.33. The van der Waals surface area contributed by atoms with E-state index in [1.54, 1.807) is 12.1 Å². The van der Waals surface area contributed by atoms with Crippen molar-refractivity contribution in [3.63, 3.8) is 0 Å². The zero-order valence-electron chi connectivity index (χ0n) is 19.7. The molecule has 2 N–H and O–H groups in total. The predicted molar refractivity (Wildman–Crippen MR) is 136 cm³/mol. The third-order valence-corrected chi connectivity index (χ3v) is 8.24. The molecule has 0 saturated heterocycles. The summed E-state index contributed by atoms with van der Waals surface area (Å²) in [5.74, 6) is 0.445. The van der Waals surface area contributed by atoms with E-state index >= 15 is 0 Å². The predicted octanol–water partition coefficient (Wildman–Crippen LogP) is 4.21. The van der Waals surface area contributed by atoms with Crippen LogP contribution in [0.25, 0.3) is 21.1 Å². The van der Waals surface area contributed by atoms with Crippen LogP contribution in [0, 0.1) is 11.3 Å². The van der Waals surface area contributed by atoms with Crippen molar-refractivity contribution in [3.8, 4) is 33.0 Å². The van der Waals surface area contributed by atoms with E-state index in [9.17, 15) is 13.7 Å². The van der Waals surface area contributed by atoms with E-state index < -0.39 is 10.0 Å². The number of sulfonamides is 1. The van der Waals surface area contributed by atoms with Gasteiger partial charge in [-0.25, -0.2) is 13.1 Å².